The molecule has 2 aromatic heterocycles. The first kappa shape index (κ1) is 18.4. The molecule has 3 aromatic rings. The molecule has 1 aromatic carbocycles. The van der Waals surface area contributed by atoms with E-state index in [0.717, 1.165) is 49.1 Å². The van der Waals surface area contributed by atoms with Crippen molar-refractivity contribution >= 4 is 0 Å². The van der Waals surface area contributed by atoms with E-state index in [1.54, 1.807) is 6.20 Å². The Hall–Kier alpha value is -2.67. The van der Waals surface area contributed by atoms with Crippen molar-refractivity contribution in [3.8, 4) is 11.3 Å². The molecule has 3 aliphatic carbocycles. The van der Waals surface area contributed by atoms with Gasteiger partial charge in [-0.25, -0.2) is 8.78 Å². The molecule has 0 saturated heterocycles. The highest BCUT2D eigenvalue weighted by Gasteiger charge is 2.47. The predicted molar refractivity (Wildman–Crippen MR) is 103 cm³/mol. The minimum absolute atomic E-state index is 0.0113. The van der Waals surface area contributed by atoms with Gasteiger partial charge in [0.25, 0.3) is 0 Å². The third kappa shape index (κ3) is 2.79. The van der Waals surface area contributed by atoms with Crippen LogP contribution in [0.3, 0.4) is 0 Å². The molecule has 0 unspecified atom stereocenters. The predicted octanol–water partition coefficient (Wildman–Crippen LogP) is 3.96. The van der Waals surface area contributed by atoms with Gasteiger partial charge in [-0.1, -0.05) is 12.5 Å². The highest BCUT2D eigenvalue weighted by Crippen LogP contribution is 2.53. The number of benzene rings is 1. The van der Waals surface area contributed by atoms with Crippen molar-refractivity contribution < 1.29 is 13.9 Å². The van der Waals surface area contributed by atoms with Crippen molar-refractivity contribution in [1.82, 2.24) is 20.0 Å². The first-order chi connectivity index (χ1) is 14.1. The fourth-order valence-electron chi connectivity index (χ4n) is 5.23. The molecule has 7 heteroatoms. The van der Waals surface area contributed by atoms with Gasteiger partial charge in [-0.3, -0.25) is 4.68 Å². The van der Waals surface area contributed by atoms with Crippen molar-refractivity contribution in [3.63, 3.8) is 0 Å². The summed E-state index contributed by atoms with van der Waals surface area (Å²) >= 11 is 0. The van der Waals surface area contributed by atoms with Crippen LogP contribution >= 0.6 is 0 Å². The molecule has 1 N–H and O–H groups in total. The molecule has 1 saturated carbocycles. The maximum absolute atomic E-state index is 14.3. The second-order valence-electron chi connectivity index (χ2n) is 8.00. The molecule has 0 amide bonds. The Morgan fingerprint density at radius 2 is 1.93 bits per heavy atom. The zero-order valence-electron chi connectivity index (χ0n) is 16.0. The molecule has 2 heterocycles. The lowest BCUT2D eigenvalue weighted by molar-refractivity contribution is 0.259. The topological polar surface area (TPSA) is 63.8 Å². The van der Waals surface area contributed by atoms with Gasteiger partial charge in [-0.05, 0) is 61.4 Å². The van der Waals surface area contributed by atoms with Crippen LogP contribution < -0.4 is 0 Å². The van der Waals surface area contributed by atoms with E-state index in [4.69, 9.17) is 0 Å². The average Bonchev–Trinajstić information content (AvgIpc) is 3.00. The number of aliphatic hydroxyl groups is 1. The molecule has 5 nitrogen and oxygen atoms in total. The third-order valence-electron chi connectivity index (χ3n) is 6.53. The number of aromatic nitrogens is 4. The summed E-state index contributed by atoms with van der Waals surface area (Å²) in [5.41, 5.74) is 2.76. The lowest BCUT2D eigenvalue weighted by atomic mass is 9.68. The van der Waals surface area contributed by atoms with Crippen LogP contribution in [0.15, 0.2) is 36.5 Å². The van der Waals surface area contributed by atoms with Gasteiger partial charge in [0.2, 0.25) is 0 Å². The summed E-state index contributed by atoms with van der Waals surface area (Å²) < 4.78 is 30.5. The summed E-state index contributed by atoms with van der Waals surface area (Å²) in [5, 5.41) is 22.7. The van der Waals surface area contributed by atoms with Gasteiger partial charge in [0.05, 0.1) is 41.2 Å². The maximum Gasteiger partial charge on any atom is 0.135 e. The summed E-state index contributed by atoms with van der Waals surface area (Å²) in [7, 11) is 0. The van der Waals surface area contributed by atoms with Crippen LogP contribution in [-0.2, 0) is 12.0 Å². The number of rotatable bonds is 4. The van der Waals surface area contributed by atoms with Crippen LogP contribution in [0.5, 0.6) is 0 Å². The Kier molecular flexibility index (Phi) is 4.42. The van der Waals surface area contributed by atoms with E-state index in [2.05, 4.69) is 15.3 Å². The van der Waals surface area contributed by atoms with E-state index in [1.165, 1.54) is 18.2 Å². The lowest BCUT2D eigenvalue weighted by Crippen LogP contribution is -2.35. The van der Waals surface area contributed by atoms with Crippen molar-refractivity contribution in [2.45, 2.75) is 50.0 Å². The van der Waals surface area contributed by atoms with Gasteiger partial charge in [0.1, 0.15) is 11.6 Å². The molecule has 0 spiro atoms. The van der Waals surface area contributed by atoms with E-state index in [9.17, 15) is 13.9 Å². The van der Waals surface area contributed by atoms with Gasteiger partial charge in [-0.2, -0.15) is 10.2 Å². The summed E-state index contributed by atoms with van der Waals surface area (Å²) in [6, 6.07) is 7.67. The molecule has 29 heavy (non-hydrogen) atoms. The lowest BCUT2D eigenvalue weighted by Gasteiger charge is -2.38. The quantitative estimate of drug-likeness (QED) is 0.725. The first-order valence-corrected chi connectivity index (χ1v) is 10.1. The summed E-state index contributed by atoms with van der Waals surface area (Å²) in [6.45, 7) is 0.437. The van der Waals surface area contributed by atoms with Gasteiger partial charge in [0.15, 0.2) is 0 Å². The van der Waals surface area contributed by atoms with Gasteiger partial charge in [0, 0.05) is 6.20 Å². The van der Waals surface area contributed by atoms with Crippen LogP contribution in [0.1, 0.15) is 55.0 Å². The SMILES string of the molecule is OCCn1nccc1[C@@]12CCC[C@@H](CC1)c1cc(-c3c(F)cccc3F)nnc12. The van der Waals surface area contributed by atoms with Crippen molar-refractivity contribution in [2.75, 3.05) is 6.61 Å². The van der Waals surface area contributed by atoms with E-state index in [1.807, 2.05) is 16.8 Å². The van der Waals surface area contributed by atoms with E-state index in [0.29, 0.717) is 12.5 Å². The van der Waals surface area contributed by atoms with Crippen molar-refractivity contribution in [1.29, 1.82) is 0 Å². The monoisotopic (exact) mass is 396 g/mol. The second-order valence-corrected chi connectivity index (χ2v) is 8.00. The van der Waals surface area contributed by atoms with Gasteiger partial charge >= 0.3 is 0 Å². The molecule has 6 rings (SSSR count). The number of halogens is 2. The van der Waals surface area contributed by atoms with E-state index >= 15 is 0 Å². The number of hydrogen-bond acceptors (Lipinski definition) is 4. The minimum atomic E-state index is -0.631. The smallest absolute Gasteiger partial charge is 0.135 e. The Balaban J connectivity index is 1.69. The Morgan fingerprint density at radius 3 is 2.72 bits per heavy atom. The summed E-state index contributed by atoms with van der Waals surface area (Å²) in [4.78, 5) is 0. The van der Waals surface area contributed by atoms with Crippen LogP contribution in [0.4, 0.5) is 8.78 Å². The number of hydrogen-bond donors (Lipinski definition) is 1. The largest absolute Gasteiger partial charge is 0.394 e. The molecule has 150 valence electrons. The normalized spacial score (nSPS) is 23.1. The van der Waals surface area contributed by atoms with Crippen LogP contribution in [0, 0.1) is 11.6 Å². The number of fused-ring (bicyclic) bond motifs is 3. The Morgan fingerprint density at radius 1 is 1.10 bits per heavy atom. The zero-order valence-corrected chi connectivity index (χ0v) is 16.0. The van der Waals surface area contributed by atoms with E-state index < -0.39 is 11.6 Å². The molecule has 2 atom stereocenters. The van der Waals surface area contributed by atoms with Crippen LogP contribution in [0.25, 0.3) is 11.3 Å². The third-order valence-corrected chi connectivity index (χ3v) is 6.53. The van der Waals surface area contributed by atoms with Crippen molar-refractivity contribution in [3.05, 3.63) is 65.1 Å². The highest BCUT2D eigenvalue weighted by molar-refractivity contribution is 5.62. The Labute approximate surface area is 167 Å². The Bertz CT molecular complexity index is 1040. The molecule has 0 aliphatic heterocycles. The zero-order chi connectivity index (χ0) is 20.0. The minimum Gasteiger partial charge on any atom is -0.394 e. The number of nitrogens with zero attached hydrogens (tertiary/aromatic N) is 4. The molecule has 3 aliphatic rings. The molecular formula is C22H22F2N4O. The molecule has 1 fully saturated rings. The summed E-state index contributed by atoms with van der Waals surface area (Å²) in [6.07, 6.45) is 6.66. The maximum atomic E-state index is 14.3. The van der Waals surface area contributed by atoms with Crippen molar-refractivity contribution in [2.24, 2.45) is 0 Å². The standard InChI is InChI=1S/C22H22F2N4O/c23-16-4-1-5-17(24)20(16)18-13-15-14-3-2-8-22(9-6-14,21(15)27-26-18)19-7-10-25-28(19)11-12-29/h1,4-5,7,10,13-14,29H,2-3,6,8-9,11-12H2/t14-,22+/m0/s1. The van der Waals surface area contributed by atoms with Gasteiger partial charge < -0.3 is 5.11 Å². The van der Waals surface area contributed by atoms with Crippen LogP contribution in [-0.4, -0.2) is 31.7 Å². The van der Waals surface area contributed by atoms with Crippen LogP contribution in [0.2, 0.25) is 0 Å². The molecule has 0 radical (unpaired) electrons. The average molecular weight is 396 g/mol. The highest BCUT2D eigenvalue weighted by atomic mass is 19.1. The fourth-order valence-corrected chi connectivity index (χ4v) is 5.23. The van der Waals surface area contributed by atoms with Gasteiger partial charge in [-0.15, -0.1) is 5.10 Å². The number of aliphatic hydroxyl groups excluding tert-OH is 1. The summed E-state index contributed by atoms with van der Waals surface area (Å²) in [5.74, 6) is -0.943. The molecule has 2 bridgehead atoms. The van der Waals surface area contributed by atoms with E-state index in [-0.39, 0.29) is 23.3 Å². The second kappa shape index (κ2) is 6.99. The fraction of sp³-hybridized carbons (Fsp3) is 0.409. The molecular weight excluding hydrogens is 374 g/mol. The first-order valence-electron chi connectivity index (χ1n) is 10.1.